The van der Waals surface area contributed by atoms with Gasteiger partial charge in [-0.15, -0.1) is 0 Å². The predicted octanol–water partition coefficient (Wildman–Crippen LogP) is 2.10. The fourth-order valence-electron chi connectivity index (χ4n) is 2.53. The summed E-state index contributed by atoms with van der Waals surface area (Å²) in [5.41, 5.74) is -0.774. The van der Waals surface area contributed by atoms with Crippen LogP contribution in [0.2, 0.25) is 0 Å². The summed E-state index contributed by atoms with van der Waals surface area (Å²) in [6.45, 7) is 1.60. The van der Waals surface area contributed by atoms with Crippen molar-refractivity contribution in [2.24, 2.45) is 5.92 Å². The maximum Gasteiger partial charge on any atom is 0.316 e. The van der Waals surface area contributed by atoms with E-state index in [0.29, 0.717) is 12.8 Å². The monoisotopic (exact) mass is 242 g/mol. The third-order valence-electron chi connectivity index (χ3n) is 3.70. The van der Waals surface area contributed by atoms with Gasteiger partial charge in [0.1, 0.15) is 11.5 Å². The van der Waals surface area contributed by atoms with E-state index in [2.05, 4.69) is 4.74 Å². The highest BCUT2D eigenvalue weighted by Crippen LogP contribution is 2.33. The van der Waals surface area contributed by atoms with Crippen LogP contribution < -0.4 is 0 Å². The van der Waals surface area contributed by atoms with Crippen molar-refractivity contribution < 1.29 is 19.1 Å². The quantitative estimate of drug-likeness (QED) is 0.430. The van der Waals surface area contributed by atoms with Crippen molar-refractivity contribution in [3.8, 4) is 0 Å². The van der Waals surface area contributed by atoms with Crippen molar-refractivity contribution in [3.63, 3.8) is 0 Å². The van der Waals surface area contributed by atoms with Crippen molar-refractivity contribution in [2.75, 3.05) is 14.2 Å². The van der Waals surface area contributed by atoms with Crippen LogP contribution in [0.15, 0.2) is 0 Å². The van der Waals surface area contributed by atoms with E-state index in [0.717, 1.165) is 25.7 Å². The molecule has 1 aliphatic rings. The van der Waals surface area contributed by atoms with Crippen LogP contribution in [0.25, 0.3) is 0 Å². The Morgan fingerprint density at radius 3 is 2.00 bits per heavy atom. The largest absolute Gasteiger partial charge is 0.468 e. The summed E-state index contributed by atoms with van der Waals surface area (Å²) < 4.78 is 10.1. The first kappa shape index (κ1) is 14.2. The third-order valence-corrected chi connectivity index (χ3v) is 3.70. The standard InChI is InChI=1S/C13H22O4/c1-10(12(15)16-2)11(14)13(17-3)8-6-4-5-7-9-13/h10H,4-9H2,1-3H3. The van der Waals surface area contributed by atoms with Crippen molar-refractivity contribution in [1.29, 1.82) is 0 Å². The molecule has 0 spiro atoms. The second kappa shape index (κ2) is 6.15. The predicted molar refractivity (Wildman–Crippen MR) is 63.6 cm³/mol. The number of carbonyl (C=O) groups is 2. The van der Waals surface area contributed by atoms with E-state index in [4.69, 9.17) is 4.74 Å². The van der Waals surface area contributed by atoms with Crippen molar-refractivity contribution in [2.45, 2.75) is 51.0 Å². The van der Waals surface area contributed by atoms with E-state index in [-0.39, 0.29) is 5.78 Å². The highest BCUT2D eigenvalue weighted by atomic mass is 16.5. The van der Waals surface area contributed by atoms with Gasteiger partial charge in [0.25, 0.3) is 0 Å². The van der Waals surface area contributed by atoms with Gasteiger partial charge in [0.05, 0.1) is 7.11 Å². The van der Waals surface area contributed by atoms with Gasteiger partial charge in [-0.25, -0.2) is 0 Å². The zero-order valence-corrected chi connectivity index (χ0v) is 11.0. The maximum absolute atomic E-state index is 12.4. The molecule has 4 heteroatoms. The molecule has 0 bridgehead atoms. The van der Waals surface area contributed by atoms with E-state index < -0.39 is 17.5 Å². The van der Waals surface area contributed by atoms with E-state index in [9.17, 15) is 9.59 Å². The highest BCUT2D eigenvalue weighted by Gasteiger charge is 2.43. The molecular weight excluding hydrogens is 220 g/mol. The minimum atomic E-state index is -0.774. The molecule has 1 rings (SSSR count). The zero-order chi connectivity index (χ0) is 12.9. The van der Waals surface area contributed by atoms with Crippen LogP contribution in [0.5, 0.6) is 0 Å². The summed E-state index contributed by atoms with van der Waals surface area (Å²) in [6.07, 6.45) is 5.64. The fraction of sp³-hybridized carbons (Fsp3) is 0.846. The van der Waals surface area contributed by atoms with Gasteiger partial charge in [-0.1, -0.05) is 25.7 Å². The molecule has 0 saturated heterocycles. The third kappa shape index (κ3) is 3.06. The Balaban J connectivity index is 2.83. The number of ketones is 1. The lowest BCUT2D eigenvalue weighted by atomic mass is 9.83. The number of hydrogen-bond donors (Lipinski definition) is 0. The van der Waals surface area contributed by atoms with Crippen LogP contribution >= 0.6 is 0 Å². The topological polar surface area (TPSA) is 52.6 Å². The number of carbonyl (C=O) groups excluding carboxylic acids is 2. The van der Waals surface area contributed by atoms with Gasteiger partial charge in [-0.2, -0.15) is 0 Å². The molecule has 0 amide bonds. The highest BCUT2D eigenvalue weighted by molar-refractivity contribution is 6.03. The summed E-state index contributed by atoms with van der Waals surface area (Å²) in [5.74, 6) is -1.34. The Morgan fingerprint density at radius 1 is 1.06 bits per heavy atom. The van der Waals surface area contributed by atoms with Gasteiger partial charge in [0, 0.05) is 7.11 Å². The van der Waals surface area contributed by atoms with Crippen LogP contribution in [0.4, 0.5) is 0 Å². The molecule has 0 aromatic rings. The van der Waals surface area contributed by atoms with Crippen molar-refractivity contribution >= 4 is 11.8 Å². The van der Waals surface area contributed by atoms with E-state index in [1.54, 1.807) is 14.0 Å². The Labute approximate surface area is 103 Å². The molecule has 98 valence electrons. The van der Waals surface area contributed by atoms with Crippen molar-refractivity contribution in [1.82, 2.24) is 0 Å². The lowest BCUT2D eigenvalue weighted by Gasteiger charge is -2.31. The first-order valence-corrected chi connectivity index (χ1v) is 6.24. The summed E-state index contributed by atoms with van der Waals surface area (Å²) >= 11 is 0. The molecule has 1 aliphatic carbocycles. The van der Waals surface area contributed by atoms with Gasteiger partial charge in [-0.3, -0.25) is 9.59 Å². The number of methoxy groups -OCH3 is 2. The molecule has 0 aromatic carbocycles. The van der Waals surface area contributed by atoms with E-state index >= 15 is 0 Å². The Bertz CT molecular complexity index is 277. The lowest BCUT2D eigenvalue weighted by molar-refractivity contribution is -0.158. The molecule has 0 heterocycles. The molecule has 1 atom stereocenters. The SMILES string of the molecule is COC(=O)C(C)C(=O)C1(OC)CCCCCC1. The normalized spacial score (nSPS) is 21.4. The molecular formula is C13H22O4. The number of rotatable bonds is 4. The average molecular weight is 242 g/mol. The zero-order valence-electron chi connectivity index (χ0n) is 11.0. The molecule has 0 N–H and O–H groups in total. The average Bonchev–Trinajstić information content (AvgIpc) is 2.62. The van der Waals surface area contributed by atoms with Crippen LogP contribution in [0.3, 0.4) is 0 Å². The second-order valence-electron chi connectivity index (χ2n) is 4.72. The minimum absolute atomic E-state index is 0.131. The van der Waals surface area contributed by atoms with Crippen LogP contribution in [-0.2, 0) is 19.1 Å². The molecule has 1 unspecified atom stereocenters. The van der Waals surface area contributed by atoms with Crippen LogP contribution in [0, 0.1) is 5.92 Å². The van der Waals surface area contributed by atoms with Crippen LogP contribution in [-0.4, -0.2) is 31.6 Å². The molecule has 0 aromatic heterocycles. The number of hydrogen-bond acceptors (Lipinski definition) is 4. The minimum Gasteiger partial charge on any atom is -0.468 e. The first-order chi connectivity index (χ1) is 8.07. The van der Waals surface area contributed by atoms with Gasteiger partial charge >= 0.3 is 5.97 Å². The molecule has 1 saturated carbocycles. The molecule has 4 nitrogen and oxygen atoms in total. The smallest absolute Gasteiger partial charge is 0.316 e. The maximum atomic E-state index is 12.4. The van der Waals surface area contributed by atoms with Gasteiger partial charge in [-0.05, 0) is 19.8 Å². The molecule has 0 radical (unpaired) electrons. The number of esters is 1. The van der Waals surface area contributed by atoms with Gasteiger partial charge in [0.15, 0.2) is 5.78 Å². The number of Topliss-reactive ketones (excluding diaryl/α,β-unsaturated/α-hetero) is 1. The summed E-state index contributed by atoms with van der Waals surface area (Å²) in [6, 6.07) is 0. The summed E-state index contributed by atoms with van der Waals surface area (Å²) in [5, 5.41) is 0. The van der Waals surface area contributed by atoms with E-state index in [1.807, 2.05) is 0 Å². The Kier molecular flexibility index (Phi) is 5.12. The fourth-order valence-corrected chi connectivity index (χ4v) is 2.53. The lowest BCUT2D eigenvalue weighted by Crippen LogP contribution is -2.45. The van der Waals surface area contributed by atoms with E-state index in [1.165, 1.54) is 7.11 Å². The number of ether oxygens (including phenoxy) is 2. The Hall–Kier alpha value is -0.900. The van der Waals surface area contributed by atoms with Gasteiger partial charge < -0.3 is 9.47 Å². The summed E-state index contributed by atoms with van der Waals surface area (Å²) in [7, 11) is 2.87. The summed E-state index contributed by atoms with van der Waals surface area (Å²) in [4.78, 5) is 23.8. The molecule has 17 heavy (non-hydrogen) atoms. The second-order valence-corrected chi connectivity index (χ2v) is 4.72. The first-order valence-electron chi connectivity index (χ1n) is 6.24. The Morgan fingerprint density at radius 2 is 1.59 bits per heavy atom. The van der Waals surface area contributed by atoms with Gasteiger partial charge in [0.2, 0.25) is 0 Å². The molecule has 0 aliphatic heterocycles. The van der Waals surface area contributed by atoms with Crippen LogP contribution in [0.1, 0.15) is 45.4 Å². The van der Waals surface area contributed by atoms with Crippen molar-refractivity contribution in [3.05, 3.63) is 0 Å². The molecule has 1 fully saturated rings.